The van der Waals surface area contributed by atoms with Crippen LogP contribution in [0.3, 0.4) is 0 Å². The number of aromatic nitrogens is 2. The van der Waals surface area contributed by atoms with Gasteiger partial charge < -0.3 is 10.1 Å². The van der Waals surface area contributed by atoms with Crippen LogP contribution in [0, 0.1) is 0 Å². The average Bonchev–Trinajstić information content (AvgIpc) is 2.77. The smallest absolute Gasteiger partial charge is 0.261 e. The molecule has 0 amide bonds. The Bertz CT molecular complexity index is 380. The van der Waals surface area contributed by atoms with Gasteiger partial charge in [0.05, 0.1) is 6.61 Å². The third-order valence-corrected chi connectivity index (χ3v) is 3.48. The van der Waals surface area contributed by atoms with Crippen LogP contribution in [0.25, 0.3) is 0 Å². The van der Waals surface area contributed by atoms with E-state index in [1.807, 2.05) is 0 Å². The Labute approximate surface area is 122 Å². The molecule has 1 rings (SSSR count). The minimum Gasteiger partial charge on any atom is -0.375 e. The summed E-state index contributed by atoms with van der Waals surface area (Å²) in [4.78, 5) is 0. The minimum absolute atomic E-state index is 0.133. The van der Waals surface area contributed by atoms with Crippen LogP contribution in [-0.2, 0) is 17.6 Å². The van der Waals surface area contributed by atoms with Crippen molar-refractivity contribution < 1.29 is 13.5 Å². The quantitative estimate of drug-likeness (QED) is 0.713. The Morgan fingerprint density at radius 1 is 1.20 bits per heavy atom. The molecule has 116 valence electrons. The number of nitrogens with one attached hydrogen (secondary N) is 1. The molecular weight excluding hydrogens is 284 g/mol. The van der Waals surface area contributed by atoms with E-state index in [2.05, 4.69) is 36.3 Å². The zero-order valence-electron chi connectivity index (χ0n) is 12.3. The van der Waals surface area contributed by atoms with E-state index in [-0.39, 0.29) is 12.1 Å². The number of ether oxygens (including phenoxy) is 1. The molecule has 1 aromatic rings. The van der Waals surface area contributed by atoms with Gasteiger partial charge in [-0.2, -0.15) is 0 Å². The van der Waals surface area contributed by atoms with E-state index in [4.69, 9.17) is 4.74 Å². The van der Waals surface area contributed by atoms with Gasteiger partial charge in [0.15, 0.2) is 0 Å². The second-order valence-electron chi connectivity index (χ2n) is 5.59. The molecule has 0 spiro atoms. The highest BCUT2D eigenvalue weighted by Gasteiger charge is 2.09. The topological polar surface area (TPSA) is 47.0 Å². The molecule has 0 fully saturated rings. The maximum absolute atomic E-state index is 11.9. The number of alkyl halides is 2. The zero-order chi connectivity index (χ0) is 15.0. The molecule has 7 heteroatoms. The van der Waals surface area contributed by atoms with Crippen LogP contribution >= 0.6 is 11.3 Å². The molecule has 0 radical (unpaired) electrons. The Hall–Kier alpha value is -0.660. The van der Waals surface area contributed by atoms with Crippen LogP contribution < -0.4 is 5.32 Å². The van der Waals surface area contributed by atoms with E-state index >= 15 is 0 Å². The number of hydrogen-bond acceptors (Lipinski definition) is 5. The van der Waals surface area contributed by atoms with Gasteiger partial charge in [-0.15, -0.1) is 21.5 Å². The van der Waals surface area contributed by atoms with E-state index in [0.717, 1.165) is 29.4 Å². The Morgan fingerprint density at radius 2 is 1.85 bits per heavy atom. The van der Waals surface area contributed by atoms with E-state index < -0.39 is 13.0 Å². The second kappa shape index (κ2) is 8.59. The number of halogens is 2. The van der Waals surface area contributed by atoms with Gasteiger partial charge in [-0.05, 0) is 33.7 Å². The standard InChI is InChI=1S/C13H23F2N3OS/c1-13(2,3)16-7-4-5-11-17-18-12(20-11)6-8-19-9-10(14)15/h10,16H,4-9H2,1-3H3. The van der Waals surface area contributed by atoms with E-state index in [9.17, 15) is 8.78 Å². The zero-order valence-corrected chi connectivity index (χ0v) is 13.1. The maximum Gasteiger partial charge on any atom is 0.261 e. The highest BCUT2D eigenvalue weighted by Crippen LogP contribution is 2.12. The minimum atomic E-state index is -2.41. The van der Waals surface area contributed by atoms with Gasteiger partial charge in [0.2, 0.25) is 0 Å². The van der Waals surface area contributed by atoms with Gasteiger partial charge in [0.1, 0.15) is 16.6 Å². The third-order valence-electron chi connectivity index (χ3n) is 2.44. The molecule has 0 aromatic carbocycles. The van der Waals surface area contributed by atoms with Crippen LogP contribution in [0.4, 0.5) is 8.78 Å². The van der Waals surface area contributed by atoms with Crippen molar-refractivity contribution in [2.45, 2.75) is 52.0 Å². The normalized spacial score (nSPS) is 12.3. The molecule has 0 aliphatic rings. The predicted octanol–water partition coefficient (Wildman–Crippen LogP) is 2.68. The van der Waals surface area contributed by atoms with Crippen molar-refractivity contribution in [2.24, 2.45) is 0 Å². The summed E-state index contributed by atoms with van der Waals surface area (Å²) in [5.41, 5.74) is 0.133. The Balaban J connectivity index is 2.16. The van der Waals surface area contributed by atoms with Crippen LogP contribution in [0.5, 0.6) is 0 Å². The molecule has 0 unspecified atom stereocenters. The number of aryl methyl sites for hydroxylation is 1. The van der Waals surface area contributed by atoms with E-state index in [0.29, 0.717) is 6.42 Å². The number of rotatable bonds is 9. The molecule has 0 bridgehead atoms. The van der Waals surface area contributed by atoms with Gasteiger partial charge in [0.25, 0.3) is 6.43 Å². The largest absolute Gasteiger partial charge is 0.375 e. The molecule has 0 aliphatic carbocycles. The summed E-state index contributed by atoms with van der Waals surface area (Å²) in [5, 5.41) is 13.4. The summed E-state index contributed by atoms with van der Waals surface area (Å²) in [7, 11) is 0. The molecule has 1 aromatic heterocycles. The van der Waals surface area contributed by atoms with Crippen molar-refractivity contribution in [3.05, 3.63) is 10.0 Å². The summed E-state index contributed by atoms with van der Waals surface area (Å²) in [6, 6.07) is 0. The lowest BCUT2D eigenvalue weighted by Crippen LogP contribution is -2.36. The molecule has 0 atom stereocenters. The van der Waals surface area contributed by atoms with Crippen LogP contribution in [0.1, 0.15) is 37.2 Å². The van der Waals surface area contributed by atoms with E-state index in [1.54, 1.807) is 0 Å². The first kappa shape index (κ1) is 17.4. The monoisotopic (exact) mass is 307 g/mol. The number of hydrogen-bond donors (Lipinski definition) is 1. The molecular formula is C13H23F2N3OS. The fourth-order valence-electron chi connectivity index (χ4n) is 1.53. The van der Waals surface area contributed by atoms with Crippen LogP contribution in [0.15, 0.2) is 0 Å². The molecule has 1 heterocycles. The fraction of sp³-hybridized carbons (Fsp3) is 0.846. The lowest BCUT2D eigenvalue weighted by atomic mass is 10.1. The van der Waals surface area contributed by atoms with Gasteiger partial charge >= 0.3 is 0 Å². The highest BCUT2D eigenvalue weighted by molar-refractivity contribution is 7.11. The maximum atomic E-state index is 11.9. The van der Waals surface area contributed by atoms with Gasteiger partial charge in [0, 0.05) is 18.4 Å². The first-order chi connectivity index (χ1) is 9.37. The summed E-state index contributed by atoms with van der Waals surface area (Å²) in [6.07, 6.45) is 0.0344. The summed E-state index contributed by atoms with van der Waals surface area (Å²) in [6.45, 7) is 7.10. The summed E-state index contributed by atoms with van der Waals surface area (Å²) in [5.74, 6) is 0. The first-order valence-electron chi connectivity index (χ1n) is 6.79. The lowest BCUT2D eigenvalue weighted by Gasteiger charge is -2.20. The molecule has 1 N–H and O–H groups in total. The number of nitrogens with zero attached hydrogens (tertiary/aromatic N) is 2. The van der Waals surface area contributed by atoms with Crippen LogP contribution in [0.2, 0.25) is 0 Å². The average molecular weight is 307 g/mol. The van der Waals surface area contributed by atoms with Crippen molar-refractivity contribution in [3.8, 4) is 0 Å². The Kier molecular flexibility index (Phi) is 7.47. The van der Waals surface area contributed by atoms with Gasteiger partial charge in [-0.3, -0.25) is 0 Å². The molecule has 4 nitrogen and oxygen atoms in total. The fourth-order valence-corrected chi connectivity index (χ4v) is 2.39. The SMILES string of the molecule is CC(C)(C)NCCCc1nnc(CCOCC(F)F)s1. The summed E-state index contributed by atoms with van der Waals surface area (Å²) >= 11 is 1.53. The third kappa shape index (κ3) is 8.50. The van der Waals surface area contributed by atoms with Crippen molar-refractivity contribution in [2.75, 3.05) is 19.8 Å². The van der Waals surface area contributed by atoms with Gasteiger partial charge in [-0.1, -0.05) is 0 Å². The lowest BCUT2D eigenvalue weighted by molar-refractivity contribution is 0.0186. The first-order valence-corrected chi connectivity index (χ1v) is 7.60. The second-order valence-corrected chi connectivity index (χ2v) is 6.73. The predicted molar refractivity (Wildman–Crippen MR) is 76.5 cm³/mol. The van der Waals surface area contributed by atoms with E-state index in [1.165, 1.54) is 11.3 Å². The Morgan fingerprint density at radius 3 is 2.45 bits per heavy atom. The molecule has 20 heavy (non-hydrogen) atoms. The van der Waals surface area contributed by atoms with Crippen molar-refractivity contribution in [1.82, 2.24) is 15.5 Å². The van der Waals surface area contributed by atoms with Crippen LogP contribution in [-0.4, -0.2) is 41.9 Å². The highest BCUT2D eigenvalue weighted by atomic mass is 32.1. The molecule has 0 saturated heterocycles. The molecule has 0 aliphatic heterocycles. The van der Waals surface area contributed by atoms with Crippen molar-refractivity contribution in [3.63, 3.8) is 0 Å². The van der Waals surface area contributed by atoms with Crippen molar-refractivity contribution in [1.29, 1.82) is 0 Å². The van der Waals surface area contributed by atoms with Crippen molar-refractivity contribution >= 4 is 11.3 Å². The molecule has 0 saturated carbocycles. The van der Waals surface area contributed by atoms with Gasteiger partial charge in [-0.25, -0.2) is 8.78 Å². The summed E-state index contributed by atoms with van der Waals surface area (Å²) < 4.78 is 28.6.